The van der Waals surface area contributed by atoms with Gasteiger partial charge in [-0.1, -0.05) is 0 Å². The van der Waals surface area contributed by atoms with Crippen LogP contribution in [0.2, 0.25) is 0 Å². The van der Waals surface area contributed by atoms with Gasteiger partial charge in [-0.2, -0.15) is 4.57 Å². The van der Waals surface area contributed by atoms with E-state index in [9.17, 15) is 4.79 Å². The number of carbonyl (C=O) groups is 1. The van der Waals surface area contributed by atoms with Crippen molar-refractivity contribution in [2.45, 2.75) is 13.0 Å². The second-order valence-corrected chi connectivity index (χ2v) is 6.75. The van der Waals surface area contributed by atoms with Gasteiger partial charge in [0.2, 0.25) is 11.8 Å². The standard InChI is InChI=1S/C20H23N3O3S/c1-4-21-20(27)18(23-9-7-15(8-10-23)22(2)3)19(24)14-5-6-16-17(13-14)26-12-11-25-16/h5-10,13,18H,4,11-12H2,1-3H3. The van der Waals surface area contributed by atoms with Crippen molar-refractivity contribution >= 4 is 29.1 Å². The Kier molecular flexibility index (Phi) is 5.91. The molecule has 1 aromatic carbocycles. The minimum Gasteiger partial charge on any atom is -0.758 e. The highest BCUT2D eigenvalue weighted by molar-refractivity contribution is 7.77. The molecule has 0 saturated carbocycles. The number of pyridine rings is 1. The fourth-order valence-corrected chi connectivity index (χ4v) is 3.23. The molecule has 3 rings (SSSR count). The minimum absolute atomic E-state index is 0.128. The van der Waals surface area contributed by atoms with Gasteiger partial charge in [-0.25, -0.2) is 0 Å². The number of ether oxygens (including phenoxy) is 2. The molecule has 142 valence electrons. The third kappa shape index (κ3) is 4.19. The predicted molar refractivity (Wildman–Crippen MR) is 107 cm³/mol. The van der Waals surface area contributed by atoms with Crippen molar-refractivity contribution in [2.24, 2.45) is 4.99 Å². The maximum Gasteiger partial charge on any atom is 0.237 e. The van der Waals surface area contributed by atoms with Crippen LogP contribution < -0.4 is 18.9 Å². The lowest BCUT2D eigenvalue weighted by molar-refractivity contribution is -0.691. The quantitative estimate of drug-likeness (QED) is 0.251. The summed E-state index contributed by atoms with van der Waals surface area (Å²) >= 11 is 5.46. The average Bonchev–Trinajstić information content (AvgIpc) is 2.68. The van der Waals surface area contributed by atoms with Gasteiger partial charge in [-0.05, 0) is 30.2 Å². The molecule has 1 atom stereocenters. The Morgan fingerprint density at radius 2 is 1.85 bits per heavy atom. The van der Waals surface area contributed by atoms with Crippen molar-refractivity contribution in [1.82, 2.24) is 0 Å². The van der Waals surface area contributed by atoms with Crippen molar-refractivity contribution < 1.29 is 18.8 Å². The maximum atomic E-state index is 13.3. The van der Waals surface area contributed by atoms with Crippen LogP contribution in [0.15, 0.2) is 47.7 Å². The van der Waals surface area contributed by atoms with Crippen molar-refractivity contribution in [3.63, 3.8) is 0 Å². The molecular formula is C20H23N3O3S. The van der Waals surface area contributed by atoms with Gasteiger partial charge in [-0.3, -0.25) is 4.79 Å². The zero-order valence-electron chi connectivity index (χ0n) is 15.7. The van der Waals surface area contributed by atoms with Crippen LogP contribution in [0, 0.1) is 0 Å². The molecule has 1 aromatic heterocycles. The summed E-state index contributed by atoms with van der Waals surface area (Å²) < 4.78 is 12.9. The van der Waals surface area contributed by atoms with Crippen molar-refractivity contribution in [2.75, 3.05) is 38.8 Å². The van der Waals surface area contributed by atoms with Gasteiger partial charge < -0.3 is 32.0 Å². The van der Waals surface area contributed by atoms with E-state index in [1.165, 1.54) is 0 Å². The van der Waals surface area contributed by atoms with Gasteiger partial charge in [0.15, 0.2) is 23.9 Å². The van der Waals surface area contributed by atoms with Gasteiger partial charge in [-0.15, -0.1) is 0 Å². The summed E-state index contributed by atoms with van der Waals surface area (Å²) in [6, 6.07) is 8.42. The summed E-state index contributed by atoms with van der Waals surface area (Å²) in [5.41, 5.74) is 1.55. The first-order valence-corrected chi connectivity index (χ1v) is 9.25. The van der Waals surface area contributed by atoms with Crippen LogP contribution in [0.25, 0.3) is 0 Å². The third-order valence-corrected chi connectivity index (χ3v) is 4.62. The van der Waals surface area contributed by atoms with E-state index < -0.39 is 6.04 Å². The number of hydrogen-bond donors (Lipinski definition) is 0. The fraction of sp³-hybridized carbons (Fsp3) is 0.350. The van der Waals surface area contributed by atoms with Crippen LogP contribution in [0.1, 0.15) is 23.3 Å². The molecule has 6 nitrogen and oxygen atoms in total. The van der Waals surface area contributed by atoms with Gasteiger partial charge in [0.05, 0.1) is 0 Å². The van der Waals surface area contributed by atoms with Gasteiger partial charge in [0, 0.05) is 44.0 Å². The van der Waals surface area contributed by atoms with Crippen LogP contribution in [0.3, 0.4) is 0 Å². The molecule has 7 heteroatoms. The number of carbonyl (C=O) groups excluding carboxylic acids is 1. The first-order valence-electron chi connectivity index (χ1n) is 8.84. The summed E-state index contributed by atoms with van der Waals surface area (Å²) in [4.78, 5) is 19.6. The molecule has 2 aromatic rings. The van der Waals surface area contributed by atoms with E-state index in [1.807, 2.05) is 50.4 Å². The van der Waals surface area contributed by atoms with E-state index in [2.05, 4.69) is 4.99 Å². The van der Waals surface area contributed by atoms with E-state index in [0.717, 1.165) is 5.69 Å². The molecule has 1 aliphatic heterocycles. The molecule has 0 aliphatic carbocycles. The zero-order chi connectivity index (χ0) is 19.4. The van der Waals surface area contributed by atoms with Crippen molar-refractivity contribution in [1.29, 1.82) is 0 Å². The second kappa shape index (κ2) is 8.35. The Hall–Kier alpha value is -2.67. The number of nitrogens with zero attached hydrogens (tertiary/aromatic N) is 3. The molecule has 0 N–H and O–H groups in total. The Labute approximate surface area is 164 Å². The average molecular weight is 385 g/mol. The van der Waals surface area contributed by atoms with E-state index >= 15 is 0 Å². The molecule has 27 heavy (non-hydrogen) atoms. The molecule has 0 bridgehead atoms. The first-order chi connectivity index (χ1) is 13.0. The topological polar surface area (TPSA) is 55.0 Å². The molecular weight excluding hydrogens is 362 g/mol. The molecule has 0 saturated heterocycles. The SMILES string of the molecule is CCN=C([S-])C(C(=O)c1ccc2c(c1)OCCO2)[n+]1ccc(N(C)C)cc1. The van der Waals surface area contributed by atoms with E-state index in [4.69, 9.17) is 22.1 Å². The molecule has 0 fully saturated rings. The Morgan fingerprint density at radius 1 is 1.19 bits per heavy atom. The number of fused-ring (bicyclic) bond motifs is 1. The highest BCUT2D eigenvalue weighted by atomic mass is 32.1. The third-order valence-electron chi connectivity index (χ3n) is 4.27. The van der Waals surface area contributed by atoms with Gasteiger partial charge in [0.25, 0.3) is 0 Å². The zero-order valence-corrected chi connectivity index (χ0v) is 16.5. The Balaban J connectivity index is 1.97. The first kappa shape index (κ1) is 19.1. The van der Waals surface area contributed by atoms with E-state index in [-0.39, 0.29) is 5.78 Å². The highest BCUT2D eigenvalue weighted by Gasteiger charge is 2.29. The highest BCUT2D eigenvalue weighted by Crippen LogP contribution is 2.31. The Morgan fingerprint density at radius 3 is 2.48 bits per heavy atom. The van der Waals surface area contributed by atoms with Gasteiger partial charge >= 0.3 is 0 Å². The smallest absolute Gasteiger partial charge is 0.237 e. The summed E-state index contributed by atoms with van der Waals surface area (Å²) in [7, 11) is 3.93. The van der Waals surface area contributed by atoms with Crippen LogP contribution in [-0.2, 0) is 12.6 Å². The number of Topliss-reactive ketones (excluding diaryl/α,β-unsaturated/α-hetero) is 1. The largest absolute Gasteiger partial charge is 0.758 e. The van der Waals surface area contributed by atoms with E-state index in [1.54, 1.807) is 22.8 Å². The predicted octanol–water partition coefficient (Wildman–Crippen LogP) is 2.20. The monoisotopic (exact) mass is 385 g/mol. The minimum atomic E-state index is -0.682. The number of hydrogen-bond acceptors (Lipinski definition) is 6. The van der Waals surface area contributed by atoms with Gasteiger partial charge in [0.1, 0.15) is 13.2 Å². The van der Waals surface area contributed by atoms with E-state index in [0.29, 0.717) is 41.9 Å². The normalized spacial score (nSPS) is 14.6. The summed E-state index contributed by atoms with van der Waals surface area (Å²) in [5, 5.41) is 0.361. The number of ketones is 1. The lowest BCUT2D eigenvalue weighted by Gasteiger charge is -2.21. The molecule has 1 aliphatic rings. The van der Waals surface area contributed by atoms with Crippen LogP contribution in [-0.4, -0.2) is 44.7 Å². The molecule has 2 heterocycles. The number of aromatic nitrogens is 1. The summed E-state index contributed by atoms with van der Waals surface area (Å²) in [5.74, 6) is 1.10. The maximum absolute atomic E-state index is 13.3. The molecule has 1 unspecified atom stereocenters. The number of aliphatic imine (C=N–C) groups is 1. The summed E-state index contributed by atoms with van der Waals surface area (Å²) in [6.45, 7) is 3.41. The Bertz CT molecular complexity index is 850. The van der Waals surface area contributed by atoms with Crippen molar-refractivity contribution in [3.05, 3.63) is 48.3 Å². The molecule has 0 spiro atoms. The second-order valence-electron chi connectivity index (χ2n) is 6.34. The fourth-order valence-electron chi connectivity index (χ4n) is 2.87. The van der Waals surface area contributed by atoms with Crippen molar-refractivity contribution in [3.8, 4) is 11.5 Å². The molecule has 0 radical (unpaired) electrons. The van der Waals surface area contributed by atoms with Crippen LogP contribution >= 0.6 is 0 Å². The van der Waals surface area contributed by atoms with Crippen LogP contribution in [0.5, 0.6) is 11.5 Å². The summed E-state index contributed by atoms with van der Waals surface area (Å²) in [6.07, 6.45) is 3.71. The number of anilines is 1. The number of rotatable bonds is 6. The molecule has 0 amide bonds. The number of benzene rings is 1. The van der Waals surface area contributed by atoms with Crippen LogP contribution in [0.4, 0.5) is 5.69 Å². The lowest BCUT2D eigenvalue weighted by Crippen LogP contribution is -2.47. The lowest BCUT2D eigenvalue weighted by atomic mass is 10.0.